The van der Waals surface area contributed by atoms with Crippen LogP contribution in [0.25, 0.3) is 0 Å². The molecular weight excluding hydrogens is 168 g/mol. The molecule has 0 spiro atoms. The van der Waals surface area contributed by atoms with Gasteiger partial charge in [0.05, 0.1) is 0 Å². The lowest BCUT2D eigenvalue weighted by Gasteiger charge is -2.01. The van der Waals surface area contributed by atoms with Crippen molar-refractivity contribution in [3.63, 3.8) is 0 Å². The zero-order valence-corrected chi connectivity index (χ0v) is 8.95. The van der Waals surface area contributed by atoms with Crippen LogP contribution in [0.1, 0.15) is 46.0 Å². The van der Waals surface area contributed by atoms with Crippen molar-refractivity contribution in [1.29, 1.82) is 0 Å². The molecule has 0 heterocycles. The van der Waals surface area contributed by atoms with E-state index in [1.165, 1.54) is 31.3 Å². The van der Waals surface area contributed by atoms with Crippen LogP contribution in [0.2, 0.25) is 0 Å². The average Bonchev–Trinajstić information content (AvgIpc) is 2.10. The van der Waals surface area contributed by atoms with Gasteiger partial charge in [-0.05, 0) is 19.8 Å². The van der Waals surface area contributed by atoms with Gasteiger partial charge >= 0.3 is 0 Å². The van der Waals surface area contributed by atoms with E-state index in [0.717, 1.165) is 11.5 Å². The van der Waals surface area contributed by atoms with E-state index < -0.39 is 0 Å². The van der Waals surface area contributed by atoms with Gasteiger partial charge in [0.2, 0.25) is 0 Å². The van der Waals surface area contributed by atoms with Gasteiger partial charge in [0.15, 0.2) is 0 Å². The predicted molar refractivity (Wildman–Crippen MR) is 57.5 cm³/mol. The first-order valence-corrected chi connectivity index (χ1v) is 5.07. The maximum Gasteiger partial charge on any atom is 0.0389 e. The Morgan fingerprint density at radius 1 is 1.33 bits per heavy atom. The highest BCUT2D eigenvalue weighted by atomic mass is 35.5. The number of rotatable bonds is 6. The molecule has 0 aromatic carbocycles. The molecule has 0 nitrogen and oxygen atoms in total. The Kier molecular flexibility index (Phi) is 7.28. The Morgan fingerprint density at radius 2 is 2.00 bits per heavy atom. The van der Waals surface area contributed by atoms with E-state index in [9.17, 15) is 0 Å². The first kappa shape index (κ1) is 11.8. The molecule has 1 heteroatoms. The summed E-state index contributed by atoms with van der Waals surface area (Å²) in [4.78, 5) is 0. The predicted octanol–water partition coefficient (Wildman–Crippen LogP) is 4.66. The summed E-state index contributed by atoms with van der Waals surface area (Å²) in [5.74, 6) is 0. The lowest BCUT2D eigenvalue weighted by molar-refractivity contribution is 0.664. The molecule has 0 aliphatic heterocycles. The van der Waals surface area contributed by atoms with E-state index in [1.807, 2.05) is 0 Å². The fourth-order valence-electron chi connectivity index (χ4n) is 1.11. The second-order valence-electron chi connectivity index (χ2n) is 3.14. The van der Waals surface area contributed by atoms with Crippen LogP contribution in [0, 0.1) is 0 Å². The molecule has 0 aliphatic carbocycles. The van der Waals surface area contributed by atoms with Crippen molar-refractivity contribution in [2.24, 2.45) is 0 Å². The second-order valence-corrected chi connectivity index (χ2v) is 3.55. The highest BCUT2D eigenvalue weighted by Crippen LogP contribution is 2.16. The van der Waals surface area contributed by atoms with Crippen LogP contribution in [0.15, 0.2) is 23.3 Å². The van der Waals surface area contributed by atoms with Crippen LogP contribution in [-0.2, 0) is 0 Å². The highest BCUT2D eigenvalue weighted by Gasteiger charge is 1.95. The van der Waals surface area contributed by atoms with Gasteiger partial charge in [-0.15, -0.1) is 0 Å². The maximum atomic E-state index is 5.89. The lowest BCUT2D eigenvalue weighted by atomic mass is 10.1. The summed E-state index contributed by atoms with van der Waals surface area (Å²) in [6.07, 6.45) is 8.03. The molecule has 0 atom stereocenters. The van der Waals surface area contributed by atoms with Gasteiger partial charge in [-0.3, -0.25) is 0 Å². The summed E-state index contributed by atoms with van der Waals surface area (Å²) in [6, 6.07) is 0. The van der Waals surface area contributed by atoms with Gasteiger partial charge in [-0.1, -0.05) is 56.0 Å². The molecule has 0 aliphatic rings. The van der Waals surface area contributed by atoms with E-state index >= 15 is 0 Å². The third-order valence-corrected chi connectivity index (χ3v) is 2.47. The Labute approximate surface area is 81.3 Å². The summed E-state index contributed by atoms with van der Waals surface area (Å²) < 4.78 is 0. The fourth-order valence-corrected chi connectivity index (χ4v) is 1.21. The second kappa shape index (κ2) is 7.42. The molecule has 0 N–H and O–H groups in total. The summed E-state index contributed by atoms with van der Waals surface area (Å²) in [6.45, 7) is 7.94. The van der Waals surface area contributed by atoms with E-state index in [-0.39, 0.29) is 0 Å². The van der Waals surface area contributed by atoms with E-state index in [4.69, 9.17) is 11.6 Å². The molecule has 0 saturated heterocycles. The Morgan fingerprint density at radius 3 is 2.50 bits per heavy atom. The normalized spacial score (nSPS) is 12.6. The first-order chi connectivity index (χ1) is 5.72. The molecule has 0 rings (SSSR count). The van der Waals surface area contributed by atoms with Gasteiger partial charge in [0.1, 0.15) is 0 Å². The third-order valence-electron chi connectivity index (χ3n) is 1.99. The van der Waals surface area contributed by atoms with Gasteiger partial charge in [-0.2, -0.15) is 0 Å². The molecule has 0 aromatic rings. The van der Waals surface area contributed by atoms with Crippen molar-refractivity contribution >= 4 is 11.6 Å². The number of halogens is 1. The van der Waals surface area contributed by atoms with Gasteiger partial charge in [0.25, 0.3) is 0 Å². The minimum Gasteiger partial charge on any atom is -0.0976 e. The monoisotopic (exact) mass is 186 g/mol. The first-order valence-electron chi connectivity index (χ1n) is 4.70. The molecular formula is C11H19Cl. The molecule has 70 valence electrons. The number of hydrogen-bond donors (Lipinski definition) is 0. The van der Waals surface area contributed by atoms with Crippen molar-refractivity contribution in [1.82, 2.24) is 0 Å². The molecule has 12 heavy (non-hydrogen) atoms. The molecule has 0 radical (unpaired) electrons. The standard InChI is InChI=1S/C11H19Cl/c1-4-6-7-8-9-10(3)11(12)5-2/h5H,2,4,6-9H2,1,3H3/b11-10-. The van der Waals surface area contributed by atoms with E-state index in [2.05, 4.69) is 20.4 Å². The average molecular weight is 187 g/mol. The Hall–Kier alpha value is -0.230. The van der Waals surface area contributed by atoms with Crippen LogP contribution in [-0.4, -0.2) is 0 Å². The zero-order chi connectivity index (χ0) is 9.40. The van der Waals surface area contributed by atoms with Crippen LogP contribution in [0.3, 0.4) is 0 Å². The molecule has 0 bridgehead atoms. The largest absolute Gasteiger partial charge is 0.0976 e. The lowest BCUT2D eigenvalue weighted by Crippen LogP contribution is -1.81. The van der Waals surface area contributed by atoms with Crippen LogP contribution in [0.4, 0.5) is 0 Å². The highest BCUT2D eigenvalue weighted by molar-refractivity contribution is 6.31. The minimum atomic E-state index is 0.825. The third kappa shape index (κ3) is 5.42. The van der Waals surface area contributed by atoms with Crippen LogP contribution in [0.5, 0.6) is 0 Å². The molecule has 0 fully saturated rings. The topological polar surface area (TPSA) is 0 Å². The fraction of sp³-hybridized carbons (Fsp3) is 0.636. The smallest absolute Gasteiger partial charge is 0.0389 e. The maximum absolute atomic E-state index is 5.89. The number of hydrogen-bond acceptors (Lipinski definition) is 0. The number of allylic oxidation sites excluding steroid dienone is 3. The van der Waals surface area contributed by atoms with E-state index in [1.54, 1.807) is 6.08 Å². The quantitative estimate of drug-likeness (QED) is 0.418. The van der Waals surface area contributed by atoms with Gasteiger partial charge < -0.3 is 0 Å². The Bertz CT molecular complexity index is 156. The summed E-state index contributed by atoms with van der Waals surface area (Å²) in [5.41, 5.74) is 1.27. The van der Waals surface area contributed by atoms with Gasteiger partial charge in [-0.25, -0.2) is 0 Å². The zero-order valence-electron chi connectivity index (χ0n) is 8.20. The SMILES string of the molecule is C=C/C(Cl)=C(\C)CCCCCC. The van der Waals surface area contributed by atoms with Crippen molar-refractivity contribution in [3.8, 4) is 0 Å². The number of unbranched alkanes of at least 4 members (excludes halogenated alkanes) is 3. The summed E-state index contributed by atoms with van der Waals surface area (Å²) in [7, 11) is 0. The van der Waals surface area contributed by atoms with Crippen LogP contribution < -0.4 is 0 Å². The Balaban J connectivity index is 3.56. The summed E-state index contributed by atoms with van der Waals surface area (Å²) in [5, 5.41) is 0.825. The van der Waals surface area contributed by atoms with Gasteiger partial charge in [0, 0.05) is 5.03 Å². The van der Waals surface area contributed by atoms with Crippen molar-refractivity contribution in [2.75, 3.05) is 0 Å². The van der Waals surface area contributed by atoms with Crippen molar-refractivity contribution in [3.05, 3.63) is 23.3 Å². The molecule has 0 saturated carbocycles. The van der Waals surface area contributed by atoms with Crippen molar-refractivity contribution < 1.29 is 0 Å². The molecule has 0 aromatic heterocycles. The summed E-state index contributed by atoms with van der Waals surface area (Å²) >= 11 is 5.89. The van der Waals surface area contributed by atoms with Crippen molar-refractivity contribution in [2.45, 2.75) is 46.0 Å². The minimum absolute atomic E-state index is 0.825. The van der Waals surface area contributed by atoms with E-state index in [0.29, 0.717) is 0 Å². The molecule has 0 unspecified atom stereocenters. The molecule has 0 amide bonds. The van der Waals surface area contributed by atoms with Crippen LogP contribution >= 0.6 is 11.6 Å².